The number of hydrogen-bond acceptors (Lipinski definition) is 3. The Kier molecular flexibility index (Phi) is 4.90. The van der Waals surface area contributed by atoms with Gasteiger partial charge >= 0.3 is 0 Å². The molecular formula is C13H22N2O. The minimum atomic E-state index is -0.593. The van der Waals surface area contributed by atoms with E-state index in [9.17, 15) is 5.11 Å². The van der Waals surface area contributed by atoms with Crippen LogP contribution in [-0.2, 0) is 13.0 Å². The zero-order valence-corrected chi connectivity index (χ0v) is 10.5. The lowest BCUT2D eigenvalue weighted by molar-refractivity contribution is 0.0711. The number of rotatable bonds is 6. The van der Waals surface area contributed by atoms with Crippen molar-refractivity contribution in [2.75, 3.05) is 6.54 Å². The van der Waals surface area contributed by atoms with Gasteiger partial charge in [0.1, 0.15) is 0 Å². The van der Waals surface area contributed by atoms with Crippen LogP contribution in [0.5, 0.6) is 0 Å². The maximum absolute atomic E-state index is 9.56. The normalized spacial score (nSPS) is 11.8. The van der Waals surface area contributed by atoms with E-state index in [4.69, 9.17) is 0 Å². The lowest BCUT2D eigenvalue weighted by atomic mass is 10.1. The van der Waals surface area contributed by atoms with Gasteiger partial charge in [-0.1, -0.05) is 13.0 Å². The summed E-state index contributed by atoms with van der Waals surface area (Å²) in [6.45, 7) is 7.38. The third kappa shape index (κ3) is 4.73. The smallest absolute Gasteiger partial charge is 0.0603 e. The summed E-state index contributed by atoms with van der Waals surface area (Å²) in [5, 5.41) is 12.9. The largest absolute Gasteiger partial charge is 0.390 e. The molecule has 0 aliphatic carbocycles. The zero-order valence-electron chi connectivity index (χ0n) is 10.5. The van der Waals surface area contributed by atoms with Gasteiger partial charge in [0.25, 0.3) is 0 Å². The van der Waals surface area contributed by atoms with Gasteiger partial charge in [0.15, 0.2) is 0 Å². The summed E-state index contributed by atoms with van der Waals surface area (Å²) in [6.07, 6.45) is 3.59. The van der Waals surface area contributed by atoms with E-state index in [0.717, 1.165) is 31.6 Å². The second kappa shape index (κ2) is 5.97. The van der Waals surface area contributed by atoms with Gasteiger partial charge in [0.05, 0.1) is 11.3 Å². The second-order valence-corrected chi connectivity index (χ2v) is 4.70. The van der Waals surface area contributed by atoms with Crippen molar-refractivity contribution in [1.29, 1.82) is 0 Å². The number of nitrogens with zero attached hydrogens (tertiary/aromatic N) is 1. The van der Waals surface area contributed by atoms with Crippen LogP contribution in [0.1, 0.15) is 38.4 Å². The van der Waals surface area contributed by atoms with E-state index >= 15 is 0 Å². The number of pyridine rings is 1. The van der Waals surface area contributed by atoms with Crippen molar-refractivity contribution in [2.24, 2.45) is 0 Å². The number of aliphatic hydroxyl groups is 1. The highest BCUT2D eigenvalue weighted by Crippen LogP contribution is 2.07. The lowest BCUT2D eigenvalue weighted by Crippen LogP contribution is -2.26. The fourth-order valence-electron chi connectivity index (χ4n) is 1.55. The van der Waals surface area contributed by atoms with Crippen LogP contribution in [0.4, 0.5) is 0 Å². The number of aryl methyl sites for hydroxylation is 1. The molecule has 1 heterocycles. The van der Waals surface area contributed by atoms with Crippen molar-refractivity contribution in [3.63, 3.8) is 0 Å². The molecule has 0 radical (unpaired) electrons. The Morgan fingerprint density at radius 3 is 2.81 bits per heavy atom. The molecule has 1 aromatic heterocycles. The Hall–Kier alpha value is -0.930. The molecule has 1 aromatic rings. The van der Waals surface area contributed by atoms with Crippen molar-refractivity contribution in [1.82, 2.24) is 10.3 Å². The predicted octanol–water partition coefficient (Wildman–Crippen LogP) is 1.89. The molecule has 3 nitrogen and oxygen atoms in total. The Morgan fingerprint density at radius 1 is 1.44 bits per heavy atom. The van der Waals surface area contributed by atoms with E-state index in [1.165, 1.54) is 5.56 Å². The van der Waals surface area contributed by atoms with Gasteiger partial charge in [-0.3, -0.25) is 4.98 Å². The Bertz CT molecular complexity index is 318. The molecule has 0 aliphatic heterocycles. The third-order valence-electron chi connectivity index (χ3n) is 2.57. The van der Waals surface area contributed by atoms with Crippen LogP contribution in [0.25, 0.3) is 0 Å². The highest BCUT2D eigenvalue weighted by atomic mass is 16.3. The summed E-state index contributed by atoms with van der Waals surface area (Å²) < 4.78 is 0. The quantitative estimate of drug-likeness (QED) is 0.723. The maximum Gasteiger partial charge on any atom is 0.0603 e. The summed E-state index contributed by atoms with van der Waals surface area (Å²) in [4.78, 5) is 4.36. The molecule has 0 aliphatic rings. The molecule has 0 amide bonds. The van der Waals surface area contributed by atoms with Gasteiger partial charge in [0.2, 0.25) is 0 Å². The molecular weight excluding hydrogens is 200 g/mol. The molecule has 1 rings (SSSR count). The summed E-state index contributed by atoms with van der Waals surface area (Å²) in [6, 6.07) is 4.08. The van der Waals surface area contributed by atoms with Gasteiger partial charge < -0.3 is 10.4 Å². The Balaban J connectivity index is 2.37. The molecule has 3 heteroatoms. The van der Waals surface area contributed by atoms with Crippen LogP contribution >= 0.6 is 0 Å². The van der Waals surface area contributed by atoms with E-state index in [1.54, 1.807) is 0 Å². The van der Waals surface area contributed by atoms with Gasteiger partial charge in [-0.15, -0.1) is 0 Å². The van der Waals surface area contributed by atoms with Crippen LogP contribution in [-0.4, -0.2) is 22.2 Å². The summed E-state index contributed by atoms with van der Waals surface area (Å²) >= 11 is 0. The molecule has 0 bridgehead atoms. The first-order valence-corrected chi connectivity index (χ1v) is 5.89. The molecule has 0 atom stereocenters. The first kappa shape index (κ1) is 13.1. The molecule has 0 unspecified atom stereocenters. The minimum absolute atomic E-state index is 0.593. The van der Waals surface area contributed by atoms with E-state index in [-0.39, 0.29) is 0 Å². The van der Waals surface area contributed by atoms with Crippen LogP contribution in [0.2, 0.25) is 0 Å². The van der Waals surface area contributed by atoms with Crippen LogP contribution in [0.15, 0.2) is 18.3 Å². The fourth-order valence-corrected chi connectivity index (χ4v) is 1.55. The summed E-state index contributed by atoms with van der Waals surface area (Å²) in [5.74, 6) is 0. The topological polar surface area (TPSA) is 45.2 Å². The van der Waals surface area contributed by atoms with Crippen LogP contribution < -0.4 is 5.32 Å². The van der Waals surface area contributed by atoms with Crippen molar-refractivity contribution >= 4 is 0 Å². The molecule has 0 fully saturated rings. The Morgan fingerprint density at radius 2 is 2.19 bits per heavy atom. The van der Waals surface area contributed by atoms with Crippen molar-refractivity contribution in [3.8, 4) is 0 Å². The van der Waals surface area contributed by atoms with E-state index in [0.29, 0.717) is 0 Å². The van der Waals surface area contributed by atoms with Crippen molar-refractivity contribution in [2.45, 2.75) is 45.8 Å². The molecule has 0 aromatic carbocycles. The zero-order chi connectivity index (χ0) is 12.0. The molecule has 16 heavy (non-hydrogen) atoms. The molecule has 0 saturated heterocycles. The molecule has 0 spiro atoms. The van der Waals surface area contributed by atoms with Crippen LogP contribution in [0, 0.1) is 0 Å². The fraction of sp³-hybridized carbons (Fsp3) is 0.615. The Labute approximate surface area is 97.9 Å². The molecule has 0 saturated carbocycles. The standard InChI is InChI=1S/C13H22N2O/c1-4-11-6-5-8-15-12(11)10-14-9-7-13(2,3)16/h5-6,8,14,16H,4,7,9-10H2,1-3H3. The second-order valence-electron chi connectivity index (χ2n) is 4.70. The highest BCUT2D eigenvalue weighted by Gasteiger charge is 2.11. The predicted molar refractivity (Wildman–Crippen MR) is 66.2 cm³/mol. The van der Waals surface area contributed by atoms with Gasteiger partial charge in [-0.2, -0.15) is 0 Å². The van der Waals surface area contributed by atoms with Gasteiger partial charge in [-0.05, 0) is 44.9 Å². The number of aromatic nitrogens is 1. The molecule has 2 N–H and O–H groups in total. The average molecular weight is 222 g/mol. The third-order valence-corrected chi connectivity index (χ3v) is 2.57. The van der Waals surface area contributed by atoms with E-state index < -0.39 is 5.60 Å². The van der Waals surface area contributed by atoms with Gasteiger partial charge in [0, 0.05) is 12.7 Å². The summed E-state index contributed by atoms with van der Waals surface area (Å²) in [5.41, 5.74) is 1.81. The number of nitrogens with one attached hydrogen (secondary N) is 1. The van der Waals surface area contributed by atoms with Crippen LogP contribution in [0.3, 0.4) is 0 Å². The highest BCUT2D eigenvalue weighted by molar-refractivity contribution is 5.19. The number of hydrogen-bond donors (Lipinski definition) is 2. The van der Waals surface area contributed by atoms with Crippen molar-refractivity contribution < 1.29 is 5.11 Å². The first-order valence-electron chi connectivity index (χ1n) is 5.89. The minimum Gasteiger partial charge on any atom is -0.390 e. The lowest BCUT2D eigenvalue weighted by Gasteiger charge is -2.17. The van der Waals surface area contributed by atoms with Gasteiger partial charge in [-0.25, -0.2) is 0 Å². The first-order chi connectivity index (χ1) is 7.53. The summed E-state index contributed by atoms with van der Waals surface area (Å²) in [7, 11) is 0. The maximum atomic E-state index is 9.56. The monoisotopic (exact) mass is 222 g/mol. The van der Waals surface area contributed by atoms with E-state index in [2.05, 4.69) is 23.3 Å². The van der Waals surface area contributed by atoms with Crippen molar-refractivity contribution in [3.05, 3.63) is 29.6 Å². The van der Waals surface area contributed by atoms with E-state index in [1.807, 2.05) is 26.1 Å². The average Bonchev–Trinajstić information content (AvgIpc) is 2.23. The SMILES string of the molecule is CCc1cccnc1CNCCC(C)(C)O. The molecule has 90 valence electrons.